The predicted molar refractivity (Wildman–Crippen MR) is 61.3 cm³/mol. The molecule has 0 aromatic heterocycles. The Labute approximate surface area is 95.0 Å². The number of sulfonamides is 1. The SMILES string of the molecule is C=C(NO)c1ccc(S(=O)(=O)N(C)C)cc1. The Morgan fingerprint density at radius 1 is 1.31 bits per heavy atom. The molecule has 0 saturated heterocycles. The van der Waals surface area contributed by atoms with Gasteiger partial charge < -0.3 is 0 Å². The molecule has 0 atom stereocenters. The highest BCUT2D eigenvalue weighted by Crippen LogP contribution is 2.16. The third-order valence-electron chi connectivity index (χ3n) is 2.12. The van der Waals surface area contributed by atoms with E-state index < -0.39 is 10.0 Å². The van der Waals surface area contributed by atoms with Crippen LogP contribution in [0.2, 0.25) is 0 Å². The third kappa shape index (κ3) is 2.41. The lowest BCUT2D eigenvalue weighted by Gasteiger charge is -2.11. The van der Waals surface area contributed by atoms with Gasteiger partial charge in [0.05, 0.1) is 10.6 Å². The zero-order valence-corrected chi connectivity index (χ0v) is 9.95. The van der Waals surface area contributed by atoms with E-state index in [0.717, 1.165) is 4.31 Å². The lowest BCUT2D eigenvalue weighted by Crippen LogP contribution is -2.22. The zero-order valence-electron chi connectivity index (χ0n) is 9.14. The van der Waals surface area contributed by atoms with E-state index in [2.05, 4.69) is 6.58 Å². The van der Waals surface area contributed by atoms with Crippen LogP contribution in [0.25, 0.3) is 5.70 Å². The summed E-state index contributed by atoms with van der Waals surface area (Å²) in [6.45, 7) is 3.55. The van der Waals surface area contributed by atoms with Crippen LogP contribution in [0.3, 0.4) is 0 Å². The van der Waals surface area contributed by atoms with Crippen molar-refractivity contribution in [2.75, 3.05) is 14.1 Å². The quantitative estimate of drug-likeness (QED) is 0.769. The molecule has 0 radical (unpaired) electrons. The van der Waals surface area contributed by atoms with Crippen molar-refractivity contribution in [3.05, 3.63) is 36.4 Å². The van der Waals surface area contributed by atoms with Crippen LogP contribution in [0, 0.1) is 0 Å². The molecule has 16 heavy (non-hydrogen) atoms. The van der Waals surface area contributed by atoms with Gasteiger partial charge in [-0.25, -0.2) is 12.7 Å². The van der Waals surface area contributed by atoms with E-state index in [-0.39, 0.29) is 4.90 Å². The van der Waals surface area contributed by atoms with Gasteiger partial charge >= 0.3 is 0 Å². The maximum absolute atomic E-state index is 11.7. The van der Waals surface area contributed by atoms with Crippen molar-refractivity contribution >= 4 is 15.7 Å². The van der Waals surface area contributed by atoms with E-state index in [0.29, 0.717) is 11.3 Å². The van der Waals surface area contributed by atoms with Gasteiger partial charge in [0.2, 0.25) is 10.0 Å². The molecule has 88 valence electrons. The van der Waals surface area contributed by atoms with Gasteiger partial charge in [-0.3, -0.25) is 10.7 Å². The molecule has 0 aliphatic carbocycles. The van der Waals surface area contributed by atoms with Crippen LogP contribution in [0.5, 0.6) is 0 Å². The van der Waals surface area contributed by atoms with Crippen LogP contribution < -0.4 is 5.48 Å². The van der Waals surface area contributed by atoms with Crippen molar-refractivity contribution in [1.29, 1.82) is 0 Å². The van der Waals surface area contributed by atoms with Crippen LogP contribution in [0.4, 0.5) is 0 Å². The Morgan fingerprint density at radius 3 is 2.19 bits per heavy atom. The summed E-state index contributed by atoms with van der Waals surface area (Å²) in [5.41, 5.74) is 2.85. The molecule has 0 saturated carbocycles. The molecular weight excluding hydrogens is 228 g/mol. The Kier molecular flexibility index (Phi) is 3.69. The van der Waals surface area contributed by atoms with E-state index in [1.807, 2.05) is 5.48 Å². The minimum Gasteiger partial charge on any atom is -0.291 e. The molecule has 5 nitrogen and oxygen atoms in total. The molecule has 6 heteroatoms. The normalized spacial score (nSPS) is 11.5. The largest absolute Gasteiger partial charge is 0.291 e. The summed E-state index contributed by atoms with van der Waals surface area (Å²) in [5, 5.41) is 8.63. The van der Waals surface area contributed by atoms with Crippen molar-refractivity contribution in [3.8, 4) is 0 Å². The molecule has 0 unspecified atom stereocenters. The Balaban J connectivity index is 3.10. The second-order valence-corrected chi connectivity index (χ2v) is 5.55. The number of hydroxylamine groups is 1. The molecule has 0 heterocycles. The summed E-state index contributed by atoms with van der Waals surface area (Å²) in [6, 6.07) is 6.07. The summed E-state index contributed by atoms with van der Waals surface area (Å²) in [5.74, 6) is 0. The van der Waals surface area contributed by atoms with Crippen LogP contribution in [0.1, 0.15) is 5.56 Å². The lowest BCUT2D eigenvalue weighted by atomic mass is 10.2. The van der Waals surface area contributed by atoms with Gasteiger partial charge in [-0.2, -0.15) is 0 Å². The fourth-order valence-corrected chi connectivity index (χ4v) is 2.01. The van der Waals surface area contributed by atoms with E-state index in [9.17, 15) is 8.42 Å². The predicted octanol–water partition coefficient (Wildman–Crippen LogP) is 0.886. The number of nitrogens with one attached hydrogen (secondary N) is 1. The maximum Gasteiger partial charge on any atom is 0.242 e. The molecule has 1 aromatic rings. The van der Waals surface area contributed by atoms with Gasteiger partial charge in [-0.05, 0) is 17.7 Å². The standard InChI is InChI=1S/C10H14N2O3S/c1-8(11-13)9-4-6-10(7-5-9)16(14,15)12(2)3/h4-7,11,13H,1H2,2-3H3. The van der Waals surface area contributed by atoms with E-state index in [1.165, 1.54) is 26.2 Å². The summed E-state index contributed by atoms with van der Waals surface area (Å²) in [4.78, 5) is 0.201. The van der Waals surface area contributed by atoms with Crippen LogP contribution in [-0.2, 0) is 10.0 Å². The molecule has 1 aromatic carbocycles. The first-order valence-corrected chi connectivity index (χ1v) is 5.95. The highest BCUT2D eigenvalue weighted by Gasteiger charge is 2.16. The summed E-state index contributed by atoms with van der Waals surface area (Å²) in [7, 11) is -0.466. The smallest absolute Gasteiger partial charge is 0.242 e. The average Bonchev–Trinajstić information content (AvgIpc) is 2.28. The van der Waals surface area contributed by atoms with E-state index in [4.69, 9.17) is 5.21 Å². The highest BCUT2D eigenvalue weighted by atomic mass is 32.2. The van der Waals surface area contributed by atoms with Crippen molar-refractivity contribution in [3.63, 3.8) is 0 Å². The first-order chi connectivity index (χ1) is 7.39. The van der Waals surface area contributed by atoms with E-state index >= 15 is 0 Å². The lowest BCUT2D eigenvalue weighted by molar-refractivity contribution is 0.225. The number of hydrogen-bond donors (Lipinski definition) is 2. The molecule has 1 rings (SSSR count). The fraction of sp³-hybridized carbons (Fsp3) is 0.200. The minimum absolute atomic E-state index is 0.201. The Hall–Kier alpha value is -1.37. The second-order valence-electron chi connectivity index (χ2n) is 3.40. The molecule has 0 spiro atoms. The van der Waals surface area contributed by atoms with Crippen LogP contribution in [0.15, 0.2) is 35.7 Å². The zero-order chi connectivity index (χ0) is 12.3. The van der Waals surface area contributed by atoms with Gasteiger partial charge in [0.1, 0.15) is 0 Å². The number of hydrogen-bond acceptors (Lipinski definition) is 4. The van der Waals surface area contributed by atoms with Gasteiger partial charge in [0.15, 0.2) is 0 Å². The summed E-state index contributed by atoms with van der Waals surface area (Å²) < 4.78 is 24.6. The number of rotatable bonds is 4. The van der Waals surface area contributed by atoms with Crippen molar-refractivity contribution in [2.24, 2.45) is 0 Å². The molecule has 0 aliphatic rings. The average molecular weight is 242 g/mol. The fourth-order valence-electron chi connectivity index (χ4n) is 1.10. The molecule has 0 fully saturated rings. The first-order valence-electron chi connectivity index (χ1n) is 4.51. The third-order valence-corrected chi connectivity index (χ3v) is 3.95. The number of benzene rings is 1. The minimum atomic E-state index is -3.41. The highest BCUT2D eigenvalue weighted by molar-refractivity contribution is 7.89. The van der Waals surface area contributed by atoms with Crippen molar-refractivity contribution in [2.45, 2.75) is 4.90 Å². The van der Waals surface area contributed by atoms with Crippen LogP contribution in [-0.4, -0.2) is 32.0 Å². The Bertz CT molecular complexity index is 477. The van der Waals surface area contributed by atoms with Gasteiger partial charge in [0.25, 0.3) is 0 Å². The maximum atomic E-state index is 11.7. The molecule has 0 amide bonds. The molecule has 0 aliphatic heterocycles. The topological polar surface area (TPSA) is 69.6 Å². The van der Waals surface area contributed by atoms with Gasteiger partial charge in [0, 0.05) is 14.1 Å². The summed E-state index contributed by atoms with van der Waals surface area (Å²) >= 11 is 0. The molecule has 0 bridgehead atoms. The van der Waals surface area contributed by atoms with E-state index in [1.54, 1.807) is 12.1 Å². The number of nitrogens with zero attached hydrogens (tertiary/aromatic N) is 1. The Morgan fingerprint density at radius 2 is 1.81 bits per heavy atom. The summed E-state index contributed by atoms with van der Waals surface area (Å²) in [6.07, 6.45) is 0. The van der Waals surface area contributed by atoms with Gasteiger partial charge in [-0.15, -0.1) is 0 Å². The first kappa shape index (κ1) is 12.7. The molecule has 2 N–H and O–H groups in total. The monoisotopic (exact) mass is 242 g/mol. The van der Waals surface area contributed by atoms with Crippen molar-refractivity contribution in [1.82, 2.24) is 9.79 Å². The molecular formula is C10H14N2O3S. The second kappa shape index (κ2) is 4.65. The van der Waals surface area contributed by atoms with Crippen LogP contribution >= 0.6 is 0 Å². The van der Waals surface area contributed by atoms with Crippen molar-refractivity contribution < 1.29 is 13.6 Å². The van der Waals surface area contributed by atoms with Gasteiger partial charge in [-0.1, -0.05) is 18.7 Å².